The van der Waals surface area contributed by atoms with Crippen LogP contribution >= 0.6 is 0 Å². The van der Waals surface area contributed by atoms with Gasteiger partial charge in [0.25, 0.3) is 0 Å². The minimum Gasteiger partial charge on any atom is -0.492 e. The Labute approximate surface area is 339 Å². The van der Waals surface area contributed by atoms with E-state index >= 15 is 0 Å². The zero-order chi connectivity index (χ0) is 41.6. The van der Waals surface area contributed by atoms with Gasteiger partial charge in [0.1, 0.15) is 42.8 Å². The number of carboxylic acids is 1. The molecule has 3 rings (SSSR count). The summed E-state index contributed by atoms with van der Waals surface area (Å²) in [6, 6.07) is 6.15. The van der Waals surface area contributed by atoms with Gasteiger partial charge < -0.3 is 52.6 Å². The van der Waals surface area contributed by atoms with Gasteiger partial charge in [-0.25, -0.2) is 4.79 Å². The fourth-order valence-corrected chi connectivity index (χ4v) is 7.17. The van der Waals surface area contributed by atoms with Crippen LogP contribution in [0.25, 0.3) is 11.1 Å². The van der Waals surface area contributed by atoms with Gasteiger partial charge >= 0.3 is 5.97 Å². The topological polar surface area (TPSA) is 224 Å². The minimum absolute atomic E-state index is 0.0424. The molecule has 4 unspecified atom stereocenters. The van der Waals surface area contributed by atoms with Crippen LogP contribution in [0.4, 0.5) is 0 Å². The Hall–Kier alpha value is -4.24. The molecule has 0 aromatic heterocycles. The Morgan fingerprint density at radius 1 is 0.807 bits per heavy atom. The van der Waals surface area contributed by atoms with E-state index in [1.807, 2.05) is 0 Å². The number of fused-ring (bicyclic) bond motifs is 5. The van der Waals surface area contributed by atoms with Crippen molar-refractivity contribution in [1.29, 1.82) is 0 Å². The molecule has 1 aliphatic heterocycles. The Balaban J connectivity index is 1.91. The zero-order valence-corrected chi connectivity index (χ0v) is 34.5. The van der Waals surface area contributed by atoms with Crippen molar-refractivity contribution in [2.45, 2.75) is 128 Å². The molecule has 2 aromatic rings. The highest BCUT2D eigenvalue weighted by Crippen LogP contribution is 2.40. The second kappa shape index (κ2) is 25.9. The zero-order valence-electron chi connectivity index (χ0n) is 34.5. The van der Waals surface area contributed by atoms with E-state index in [9.17, 15) is 24.3 Å². The Kier molecular flexibility index (Phi) is 21.4. The molecule has 0 saturated carbocycles. The molecular weight excluding hydrogens is 727 g/mol. The van der Waals surface area contributed by atoms with Crippen LogP contribution in [0.2, 0.25) is 0 Å². The van der Waals surface area contributed by atoms with Crippen molar-refractivity contribution < 1.29 is 33.8 Å². The van der Waals surface area contributed by atoms with E-state index in [1.54, 1.807) is 43.4 Å². The summed E-state index contributed by atoms with van der Waals surface area (Å²) in [6.45, 7) is 5.49. The molecule has 0 fully saturated rings. The molecule has 2 aromatic carbocycles. The number of nitrogens with two attached hydrogens (primary N) is 3. The third kappa shape index (κ3) is 15.2. The van der Waals surface area contributed by atoms with E-state index in [0.717, 1.165) is 19.3 Å². The second-order valence-electron chi connectivity index (χ2n) is 15.0. The molecule has 1 heterocycles. The smallest absolute Gasteiger partial charge is 0.326 e. The average molecular weight is 796 g/mol. The van der Waals surface area contributed by atoms with Crippen LogP contribution in [0, 0.1) is 0 Å². The summed E-state index contributed by atoms with van der Waals surface area (Å²) in [7, 11) is 1.56. The van der Waals surface area contributed by atoms with Crippen molar-refractivity contribution in [3.63, 3.8) is 0 Å². The summed E-state index contributed by atoms with van der Waals surface area (Å²) in [4.78, 5) is 55.6. The van der Waals surface area contributed by atoms with Crippen LogP contribution in [0.3, 0.4) is 0 Å². The van der Waals surface area contributed by atoms with Gasteiger partial charge in [-0.05, 0) is 68.2 Å². The van der Waals surface area contributed by atoms with E-state index in [1.165, 1.54) is 69.6 Å². The van der Waals surface area contributed by atoms with Gasteiger partial charge in [-0.2, -0.15) is 0 Å². The van der Waals surface area contributed by atoms with Crippen LogP contribution in [-0.4, -0.2) is 98.3 Å². The van der Waals surface area contributed by atoms with Gasteiger partial charge in [-0.1, -0.05) is 89.7 Å². The monoisotopic (exact) mass is 796 g/mol. The van der Waals surface area contributed by atoms with Crippen molar-refractivity contribution in [3.8, 4) is 22.6 Å². The maximum atomic E-state index is 14.3. The van der Waals surface area contributed by atoms with Crippen molar-refractivity contribution >= 4 is 23.7 Å². The first-order chi connectivity index (χ1) is 27.6. The highest BCUT2D eigenvalue weighted by Gasteiger charge is 2.35. The largest absolute Gasteiger partial charge is 0.492 e. The van der Waals surface area contributed by atoms with Crippen LogP contribution in [0.1, 0.15) is 114 Å². The predicted molar refractivity (Wildman–Crippen MR) is 224 cm³/mol. The molecule has 4 bridgehead atoms. The molecule has 0 aliphatic carbocycles. The molecule has 4 atom stereocenters. The molecule has 0 saturated heterocycles. The third-order valence-corrected chi connectivity index (χ3v) is 10.4. The number of nitrogens with one attached hydrogen (secondary N) is 3. The Bertz CT molecular complexity index is 1560. The summed E-state index contributed by atoms with van der Waals surface area (Å²) < 4.78 is 12.1. The SMILES string of the molecule is CCCCCCCCCCCCCCNC(CCN)C(=O)N(C)C1C(=O)NC(C)C(=O)NC(C(=O)O)Cc2ccc(OCCN)c(c2)-c2cc1ccc2OCCN. The van der Waals surface area contributed by atoms with Crippen LogP contribution in [0.5, 0.6) is 11.5 Å². The summed E-state index contributed by atoms with van der Waals surface area (Å²) in [5.74, 6) is -1.98. The van der Waals surface area contributed by atoms with Crippen molar-refractivity contribution in [1.82, 2.24) is 20.9 Å². The molecule has 14 heteroatoms. The maximum Gasteiger partial charge on any atom is 0.326 e. The quantitative estimate of drug-likeness (QED) is 0.0707. The number of hydrogen-bond donors (Lipinski definition) is 7. The van der Waals surface area contributed by atoms with Gasteiger partial charge in [0.15, 0.2) is 0 Å². The van der Waals surface area contributed by atoms with E-state index in [0.29, 0.717) is 46.7 Å². The first kappa shape index (κ1) is 47.1. The van der Waals surface area contributed by atoms with Crippen molar-refractivity contribution in [3.05, 3.63) is 47.5 Å². The summed E-state index contributed by atoms with van der Waals surface area (Å²) in [5, 5.41) is 18.8. The standard InChI is InChI=1S/C43H69N7O7/c1-4-5-6-7-8-9-10-11-12-13-14-15-24-47-35(20-21-44)42(53)50(3)39-32-17-19-38(57-26-23-46)34(29-32)33-27-31(16-18-37(33)56-25-22-45)28-36(43(54)55)49-40(51)30(2)48-41(39)52/h16-19,27,29-30,35-36,39,47H,4-15,20-26,28,44-46H2,1-3H3,(H,48,52)(H,49,51)(H,54,55). The van der Waals surface area contributed by atoms with Gasteiger partial charge in [-0.3, -0.25) is 14.4 Å². The van der Waals surface area contributed by atoms with E-state index < -0.39 is 42.0 Å². The number of ether oxygens (including phenoxy) is 2. The number of rotatable bonds is 25. The van der Waals surface area contributed by atoms with Gasteiger partial charge in [-0.15, -0.1) is 0 Å². The highest BCUT2D eigenvalue weighted by molar-refractivity contribution is 5.95. The molecule has 0 spiro atoms. The van der Waals surface area contributed by atoms with Crippen molar-refractivity contribution in [2.24, 2.45) is 17.2 Å². The predicted octanol–water partition coefficient (Wildman–Crippen LogP) is 4.17. The lowest BCUT2D eigenvalue weighted by Crippen LogP contribution is -2.54. The molecule has 3 amide bonds. The molecular formula is C43H69N7O7. The number of nitrogens with zero attached hydrogens (tertiary/aromatic N) is 1. The first-order valence-corrected chi connectivity index (χ1v) is 21.0. The minimum atomic E-state index is -1.30. The van der Waals surface area contributed by atoms with Crippen LogP contribution in [0.15, 0.2) is 36.4 Å². The number of amides is 3. The van der Waals surface area contributed by atoms with Crippen LogP contribution in [-0.2, 0) is 25.6 Å². The molecule has 318 valence electrons. The lowest BCUT2D eigenvalue weighted by atomic mass is 9.93. The highest BCUT2D eigenvalue weighted by atomic mass is 16.5. The number of benzene rings is 2. The summed E-state index contributed by atoms with van der Waals surface area (Å²) in [6.07, 6.45) is 15.1. The number of unbranched alkanes of at least 4 members (excludes halogenated alkanes) is 11. The van der Waals surface area contributed by atoms with E-state index in [4.69, 9.17) is 26.7 Å². The van der Waals surface area contributed by atoms with Crippen molar-refractivity contribution in [2.75, 3.05) is 46.4 Å². The van der Waals surface area contributed by atoms with E-state index in [-0.39, 0.29) is 45.2 Å². The molecule has 57 heavy (non-hydrogen) atoms. The third-order valence-electron chi connectivity index (χ3n) is 10.4. The summed E-state index contributed by atoms with van der Waals surface area (Å²) >= 11 is 0. The molecule has 0 radical (unpaired) electrons. The molecule has 14 nitrogen and oxygen atoms in total. The maximum absolute atomic E-state index is 14.3. The fraction of sp³-hybridized carbons (Fsp3) is 0.628. The van der Waals surface area contributed by atoms with Gasteiger partial charge in [0, 0.05) is 37.7 Å². The number of aliphatic carboxylic acids is 1. The number of likely N-dealkylation sites (N-methyl/N-ethyl adjacent to an activating group) is 1. The summed E-state index contributed by atoms with van der Waals surface area (Å²) in [5.41, 5.74) is 19.7. The number of carbonyl (C=O) groups is 4. The second-order valence-corrected chi connectivity index (χ2v) is 15.0. The molecule has 10 N–H and O–H groups in total. The first-order valence-electron chi connectivity index (χ1n) is 21.0. The van der Waals surface area contributed by atoms with Gasteiger partial charge in [0.2, 0.25) is 17.7 Å². The van der Waals surface area contributed by atoms with Crippen LogP contribution < -0.4 is 42.6 Å². The lowest BCUT2D eigenvalue weighted by molar-refractivity contribution is -0.143. The Morgan fingerprint density at radius 2 is 1.37 bits per heavy atom. The number of hydrogen-bond acceptors (Lipinski definition) is 10. The van der Waals surface area contributed by atoms with E-state index in [2.05, 4.69) is 22.9 Å². The number of carbonyl (C=O) groups excluding carboxylic acids is 3. The lowest BCUT2D eigenvalue weighted by Gasteiger charge is -2.32. The number of carboxylic acid groups (broad SMARTS) is 1. The normalized spacial score (nSPS) is 17.5. The average Bonchev–Trinajstić information content (AvgIpc) is 3.20. The fourth-order valence-electron chi connectivity index (χ4n) is 7.17. The Morgan fingerprint density at radius 3 is 1.93 bits per heavy atom. The van der Waals surface area contributed by atoms with Gasteiger partial charge in [0.05, 0.1) is 6.04 Å². The molecule has 1 aliphatic rings.